The molecule has 2 nitrogen and oxygen atoms in total. The van der Waals surface area contributed by atoms with Crippen LogP contribution < -0.4 is 0 Å². The number of ether oxygens (including phenoxy) is 1. The van der Waals surface area contributed by atoms with Crippen molar-refractivity contribution >= 4 is 11.5 Å². The molecule has 0 aliphatic carbocycles. The van der Waals surface area contributed by atoms with Gasteiger partial charge in [-0.25, -0.2) is 4.79 Å². The van der Waals surface area contributed by atoms with Gasteiger partial charge in [0.1, 0.15) is 0 Å². The number of methoxy groups -OCH3 is 1. The Labute approximate surface area is 84.2 Å². The maximum absolute atomic E-state index is 11.0. The van der Waals surface area contributed by atoms with Crippen LogP contribution in [0.15, 0.2) is 30.3 Å². The van der Waals surface area contributed by atoms with E-state index in [1.807, 2.05) is 38.1 Å². The number of allylic oxidation sites excluding steroid dienone is 1. The Hall–Kier alpha value is -1.57. The molecule has 0 saturated heterocycles. The summed E-state index contributed by atoms with van der Waals surface area (Å²) in [5.74, 6) is -0.314. The lowest BCUT2D eigenvalue weighted by atomic mass is 10.0. The van der Waals surface area contributed by atoms with E-state index in [1.165, 1.54) is 13.2 Å². The van der Waals surface area contributed by atoms with Gasteiger partial charge in [0.25, 0.3) is 0 Å². The first-order valence-electron chi connectivity index (χ1n) is 4.47. The van der Waals surface area contributed by atoms with Gasteiger partial charge >= 0.3 is 5.97 Å². The van der Waals surface area contributed by atoms with Gasteiger partial charge in [-0.15, -0.1) is 0 Å². The first-order valence-corrected chi connectivity index (χ1v) is 4.47. The number of aryl methyl sites for hydroxylation is 1. The van der Waals surface area contributed by atoms with Gasteiger partial charge < -0.3 is 4.74 Å². The van der Waals surface area contributed by atoms with Crippen LogP contribution in [0, 0.1) is 6.92 Å². The van der Waals surface area contributed by atoms with Gasteiger partial charge in [-0.1, -0.05) is 24.3 Å². The zero-order valence-electron chi connectivity index (χ0n) is 8.70. The first-order chi connectivity index (χ1) is 6.65. The second kappa shape index (κ2) is 4.61. The van der Waals surface area contributed by atoms with Gasteiger partial charge in [0.2, 0.25) is 0 Å². The molecule has 0 amide bonds. The van der Waals surface area contributed by atoms with Crippen LogP contribution in [0.4, 0.5) is 0 Å². The van der Waals surface area contributed by atoms with E-state index in [2.05, 4.69) is 4.74 Å². The molecule has 1 aromatic rings. The van der Waals surface area contributed by atoms with Crippen LogP contribution in [0.5, 0.6) is 0 Å². The Morgan fingerprint density at radius 2 is 2.00 bits per heavy atom. The normalized spacial score (nSPS) is 11.2. The summed E-state index contributed by atoms with van der Waals surface area (Å²) < 4.78 is 4.57. The maximum Gasteiger partial charge on any atom is 0.330 e. The molecular formula is C12H14O2. The minimum absolute atomic E-state index is 0.314. The van der Waals surface area contributed by atoms with Gasteiger partial charge in [-0.2, -0.15) is 0 Å². The molecule has 0 aromatic heterocycles. The fourth-order valence-corrected chi connectivity index (χ4v) is 1.33. The average Bonchev–Trinajstić information content (AvgIpc) is 2.18. The van der Waals surface area contributed by atoms with E-state index >= 15 is 0 Å². The maximum atomic E-state index is 11.0. The van der Waals surface area contributed by atoms with E-state index in [9.17, 15) is 4.79 Å². The minimum atomic E-state index is -0.314. The van der Waals surface area contributed by atoms with Crippen LogP contribution in [-0.2, 0) is 9.53 Å². The molecule has 0 bridgehead atoms. The Morgan fingerprint density at radius 1 is 1.36 bits per heavy atom. The molecule has 0 heterocycles. The van der Waals surface area contributed by atoms with Crippen molar-refractivity contribution in [1.29, 1.82) is 0 Å². The highest BCUT2D eigenvalue weighted by Crippen LogP contribution is 2.17. The van der Waals surface area contributed by atoms with Gasteiger partial charge in [0, 0.05) is 6.08 Å². The van der Waals surface area contributed by atoms with E-state index in [4.69, 9.17) is 0 Å². The third kappa shape index (κ3) is 2.46. The first kappa shape index (κ1) is 10.5. The quantitative estimate of drug-likeness (QED) is 0.529. The van der Waals surface area contributed by atoms with Crippen LogP contribution in [0.1, 0.15) is 18.1 Å². The van der Waals surface area contributed by atoms with Crippen molar-refractivity contribution in [2.45, 2.75) is 13.8 Å². The lowest BCUT2D eigenvalue weighted by Gasteiger charge is -2.04. The lowest BCUT2D eigenvalue weighted by molar-refractivity contribution is -0.134. The minimum Gasteiger partial charge on any atom is -0.466 e. The van der Waals surface area contributed by atoms with Crippen molar-refractivity contribution in [2.24, 2.45) is 0 Å². The largest absolute Gasteiger partial charge is 0.466 e. The Kier molecular flexibility index (Phi) is 3.46. The van der Waals surface area contributed by atoms with E-state index in [1.54, 1.807) is 0 Å². The number of hydrogen-bond acceptors (Lipinski definition) is 2. The average molecular weight is 190 g/mol. The standard InChI is InChI=1S/C12H14O2/c1-9-6-4-5-7-11(9)10(2)8-12(13)14-3/h4-8H,1-3H3/b10-8-. The van der Waals surface area contributed by atoms with Gasteiger partial charge in [0.15, 0.2) is 0 Å². The second-order valence-corrected chi connectivity index (χ2v) is 3.17. The summed E-state index contributed by atoms with van der Waals surface area (Å²) in [7, 11) is 1.38. The van der Waals surface area contributed by atoms with Crippen LogP contribution >= 0.6 is 0 Å². The molecule has 0 unspecified atom stereocenters. The van der Waals surface area contributed by atoms with Crippen LogP contribution in [0.2, 0.25) is 0 Å². The highest BCUT2D eigenvalue weighted by molar-refractivity contribution is 5.91. The van der Waals surface area contributed by atoms with E-state index in [-0.39, 0.29) is 5.97 Å². The summed E-state index contributed by atoms with van der Waals surface area (Å²) in [5.41, 5.74) is 3.16. The van der Waals surface area contributed by atoms with Crippen molar-refractivity contribution in [3.8, 4) is 0 Å². The molecule has 0 N–H and O–H groups in total. The third-order valence-corrected chi connectivity index (χ3v) is 2.11. The predicted octanol–water partition coefficient (Wildman–Crippen LogP) is 2.57. The zero-order chi connectivity index (χ0) is 10.6. The molecule has 0 atom stereocenters. The van der Waals surface area contributed by atoms with Gasteiger partial charge in [-0.05, 0) is 30.5 Å². The summed E-state index contributed by atoms with van der Waals surface area (Å²) >= 11 is 0. The molecule has 0 radical (unpaired) electrons. The Morgan fingerprint density at radius 3 is 2.57 bits per heavy atom. The van der Waals surface area contributed by atoms with Crippen molar-refractivity contribution in [3.05, 3.63) is 41.5 Å². The molecule has 74 valence electrons. The number of carbonyl (C=O) groups is 1. The van der Waals surface area contributed by atoms with E-state index < -0.39 is 0 Å². The number of carbonyl (C=O) groups excluding carboxylic acids is 1. The highest BCUT2D eigenvalue weighted by atomic mass is 16.5. The molecular weight excluding hydrogens is 176 g/mol. The lowest BCUT2D eigenvalue weighted by Crippen LogP contribution is -1.96. The molecule has 2 heteroatoms. The monoisotopic (exact) mass is 190 g/mol. The fourth-order valence-electron chi connectivity index (χ4n) is 1.33. The third-order valence-electron chi connectivity index (χ3n) is 2.11. The summed E-state index contributed by atoms with van der Waals surface area (Å²) in [5, 5.41) is 0. The summed E-state index contributed by atoms with van der Waals surface area (Å²) in [4.78, 5) is 11.0. The zero-order valence-corrected chi connectivity index (χ0v) is 8.70. The van der Waals surface area contributed by atoms with Gasteiger partial charge in [0.05, 0.1) is 7.11 Å². The van der Waals surface area contributed by atoms with E-state index in [0.717, 1.165) is 16.7 Å². The SMILES string of the molecule is COC(=O)/C=C(/C)c1ccccc1C. The van der Waals surface area contributed by atoms with Crippen molar-refractivity contribution in [1.82, 2.24) is 0 Å². The molecule has 0 aliphatic rings. The molecule has 1 rings (SSSR count). The Balaban J connectivity index is 3.00. The van der Waals surface area contributed by atoms with Crippen LogP contribution in [0.3, 0.4) is 0 Å². The topological polar surface area (TPSA) is 26.3 Å². The summed E-state index contributed by atoms with van der Waals surface area (Å²) in [6.45, 7) is 3.92. The van der Waals surface area contributed by atoms with Crippen LogP contribution in [-0.4, -0.2) is 13.1 Å². The highest BCUT2D eigenvalue weighted by Gasteiger charge is 2.01. The summed E-state index contributed by atoms with van der Waals surface area (Å²) in [6, 6.07) is 7.94. The predicted molar refractivity (Wildman–Crippen MR) is 56.8 cm³/mol. The van der Waals surface area contributed by atoms with Crippen molar-refractivity contribution in [3.63, 3.8) is 0 Å². The molecule has 1 aromatic carbocycles. The second-order valence-electron chi connectivity index (χ2n) is 3.17. The van der Waals surface area contributed by atoms with Crippen molar-refractivity contribution < 1.29 is 9.53 Å². The summed E-state index contributed by atoms with van der Waals surface area (Å²) in [6.07, 6.45) is 1.50. The Bertz CT molecular complexity index is 364. The van der Waals surface area contributed by atoms with E-state index in [0.29, 0.717) is 0 Å². The number of esters is 1. The number of hydrogen-bond donors (Lipinski definition) is 0. The fraction of sp³-hybridized carbons (Fsp3) is 0.250. The molecule has 0 spiro atoms. The number of benzene rings is 1. The van der Waals surface area contributed by atoms with Gasteiger partial charge in [-0.3, -0.25) is 0 Å². The molecule has 0 fully saturated rings. The molecule has 0 aliphatic heterocycles. The van der Waals surface area contributed by atoms with Crippen molar-refractivity contribution in [2.75, 3.05) is 7.11 Å². The van der Waals surface area contributed by atoms with Crippen LogP contribution in [0.25, 0.3) is 5.57 Å². The smallest absolute Gasteiger partial charge is 0.330 e. The molecule has 14 heavy (non-hydrogen) atoms. The molecule has 0 saturated carbocycles. The number of rotatable bonds is 2.